The van der Waals surface area contributed by atoms with Crippen LogP contribution in [0.3, 0.4) is 0 Å². The maximum atomic E-state index is 10.9. The lowest BCUT2D eigenvalue weighted by Gasteiger charge is -2.17. The van der Waals surface area contributed by atoms with Crippen molar-refractivity contribution < 1.29 is 13.2 Å². The highest BCUT2D eigenvalue weighted by molar-refractivity contribution is 7.88. The van der Waals surface area contributed by atoms with Gasteiger partial charge in [0.15, 0.2) is 5.96 Å². The minimum atomic E-state index is -3.13. The molecule has 0 amide bonds. The van der Waals surface area contributed by atoms with E-state index in [0.29, 0.717) is 37.0 Å². The first-order chi connectivity index (χ1) is 11.3. The van der Waals surface area contributed by atoms with E-state index < -0.39 is 10.0 Å². The minimum absolute atomic E-state index is 0.0587. The normalized spacial score (nSPS) is 13.4. The molecular formula is C15H25ClN4O3S. The molecule has 3 N–H and O–H groups in total. The number of ether oxygens (including phenoxy) is 1. The SMILES string of the molecule is CN=C(NCCCNS(C)(=O)=O)NCC(C)Oc1ccc(Cl)cc1. The van der Waals surface area contributed by atoms with Crippen LogP contribution in [-0.2, 0) is 10.0 Å². The summed E-state index contributed by atoms with van der Waals surface area (Å²) in [4.78, 5) is 4.11. The Labute approximate surface area is 148 Å². The maximum absolute atomic E-state index is 10.9. The second-order valence-corrected chi connectivity index (χ2v) is 7.55. The highest BCUT2D eigenvalue weighted by Crippen LogP contribution is 2.16. The molecule has 0 bridgehead atoms. The molecule has 0 saturated heterocycles. The quantitative estimate of drug-likeness (QED) is 0.342. The van der Waals surface area contributed by atoms with E-state index in [2.05, 4.69) is 20.3 Å². The molecule has 1 unspecified atom stereocenters. The fourth-order valence-electron chi connectivity index (χ4n) is 1.80. The summed E-state index contributed by atoms with van der Waals surface area (Å²) >= 11 is 5.84. The Bertz CT molecular complexity index is 620. The molecule has 0 aliphatic rings. The van der Waals surface area contributed by atoms with Crippen LogP contribution in [0.1, 0.15) is 13.3 Å². The maximum Gasteiger partial charge on any atom is 0.208 e. The van der Waals surface area contributed by atoms with Crippen LogP contribution in [0.4, 0.5) is 0 Å². The topological polar surface area (TPSA) is 91.8 Å². The second kappa shape index (κ2) is 10.4. The molecular weight excluding hydrogens is 352 g/mol. The molecule has 0 saturated carbocycles. The molecule has 0 aromatic heterocycles. The fourth-order valence-corrected chi connectivity index (χ4v) is 2.44. The third kappa shape index (κ3) is 9.59. The third-order valence-corrected chi connectivity index (χ3v) is 3.92. The van der Waals surface area contributed by atoms with E-state index in [1.807, 2.05) is 19.1 Å². The standard InChI is InChI=1S/C15H25ClN4O3S/c1-12(23-14-7-5-13(16)6-8-14)11-19-15(17-2)18-9-4-10-20-24(3,21)22/h5-8,12,20H,4,9-11H2,1-3H3,(H2,17,18,19). The van der Waals surface area contributed by atoms with Gasteiger partial charge in [-0.05, 0) is 37.6 Å². The van der Waals surface area contributed by atoms with Gasteiger partial charge in [-0.2, -0.15) is 0 Å². The van der Waals surface area contributed by atoms with Gasteiger partial charge in [-0.25, -0.2) is 13.1 Å². The summed E-state index contributed by atoms with van der Waals surface area (Å²) < 4.78 is 30.1. The summed E-state index contributed by atoms with van der Waals surface area (Å²) in [5.74, 6) is 1.39. The Morgan fingerprint density at radius 1 is 1.25 bits per heavy atom. The molecule has 1 aromatic carbocycles. The van der Waals surface area contributed by atoms with Gasteiger partial charge >= 0.3 is 0 Å². The van der Waals surface area contributed by atoms with Gasteiger partial charge in [0.1, 0.15) is 11.9 Å². The van der Waals surface area contributed by atoms with Gasteiger partial charge in [-0.3, -0.25) is 4.99 Å². The van der Waals surface area contributed by atoms with E-state index in [1.165, 1.54) is 0 Å². The number of hydrogen-bond acceptors (Lipinski definition) is 4. The van der Waals surface area contributed by atoms with Gasteiger partial charge in [0.05, 0.1) is 12.8 Å². The molecule has 0 radical (unpaired) electrons. The van der Waals surface area contributed by atoms with Crippen molar-refractivity contribution in [1.29, 1.82) is 0 Å². The van der Waals surface area contributed by atoms with E-state index in [-0.39, 0.29) is 6.10 Å². The Balaban J connectivity index is 2.24. The van der Waals surface area contributed by atoms with Crippen LogP contribution in [0, 0.1) is 0 Å². The van der Waals surface area contributed by atoms with Gasteiger partial charge in [0, 0.05) is 25.2 Å². The van der Waals surface area contributed by atoms with Crippen LogP contribution < -0.4 is 20.1 Å². The monoisotopic (exact) mass is 376 g/mol. The van der Waals surface area contributed by atoms with E-state index >= 15 is 0 Å². The number of benzene rings is 1. The number of guanidine groups is 1. The summed E-state index contributed by atoms with van der Waals surface area (Å²) in [6, 6.07) is 7.20. The number of sulfonamides is 1. The fraction of sp³-hybridized carbons (Fsp3) is 0.533. The van der Waals surface area contributed by atoms with E-state index in [4.69, 9.17) is 16.3 Å². The first kappa shape index (κ1) is 20.5. The molecule has 0 aliphatic heterocycles. The molecule has 0 aliphatic carbocycles. The van der Waals surface area contributed by atoms with Crippen molar-refractivity contribution in [3.8, 4) is 5.75 Å². The molecule has 0 heterocycles. The van der Waals surface area contributed by atoms with Crippen LogP contribution in [-0.4, -0.2) is 53.4 Å². The van der Waals surface area contributed by atoms with Crippen molar-refractivity contribution >= 4 is 27.6 Å². The first-order valence-electron chi connectivity index (χ1n) is 7.61. The molecule has 0 fully saturated rings. The number of nitrogens with one attached hydrogen (secondary N) is 3. The van der Waals surface area contributed by atoms with E-state index in [0.717, 1.165) is 12.0 Å². The third-order valence-electron chi connectivity index (χ3n) is 2.94. The van der Waals surface area contributed by atoms with Gasteiger partial charge in [0.25, 0.3) is 0 Å². The lowest BCUT2D eigenvalue weighted by Crippen LogP contribution is -2.42. The Kier molecular flexibility index (Phi) is 8.88. The zero-order valence-corrected chi connectivity index (χ0v) is 15.7. The Hall–Kier alpha value is -1.51. The average Bonchev–Trinajstić information content (AvgIpc) is 2.51. The van der Waals surface area contributed by atoms with Gasteiger partial charge < -0.3 is 15.4 Å². The zero-order chi connectivity index (χ0) is 18.0. The number of nitrogens with zero attached hydrogens (tertiary/aromatic N) is 1. The summed E-state index contributed by atoms with van der Waals surface area (Å²) in [5.41, 5.74) is 0. The first-order valence-corrected chi connectivity index (χ1v) is 9.88. The molecule has 0 spiro atoms. The molecule has 7 nitrogen and oxygen atoms in total. The molecule has 24 heavy (non-hydrogen) atoms. The highest BCUT2D eigenvalue weighted by atomic mass is 35.5. The Morgan fingerprint density at radius 2 is 1.92 bits per heavy atom. The van der Waals surface area contributed by atoms with E-state index in [1.54, 1.807) is 19.2 Å². The number of hydrogen-bond donors (Lipinski definition) is 3. The second-order valence-electron chi connectivity index (χ2n) is 5.28. The number of halogens is 1. The Morgan fingerprint density at radius 3 is 2.50 bits per heavy atom. The highest BCUT2D eigenvalue weighted by Gasteiger charge is 2.06. The lowest BCUT2D eigenvalue weighted by atomic mass is 10.3. The largest absolute Gasteiger partial charge is 0.489 e. The van der Waals surface area contributed by atoms with Crippen LogP contribution in [0.25, 0.3) is 0 Å². The van der Waals surface area contributed by atoms with Crippen molar-refractivity contribution in [2.24, 2.45) is 4.99 Å². The van der Waals surface area contributed by atoms with Crippen LogP contribution in [0.2, 0.25) is 5.02 Å². The minimum Gasteiger partial charge on any atom is -0.489 e. The lowest BCUT2D eigenvalue weighted by molar-refractivity contribution is 0.224. The van der Waals surface area contributed by atoms with Crippen LogP contribution in [0.15, 0.2) is 29.3 Å². The molecule has 1 aromatic rings. The number of aliphatic imine (C=N–C) groups is 1. The van der Waals surface area contributed by atoms with Gasteiger partial charge in [-0.1, -0.05) is 11.6 Å². The van der Waals surface area contributed by atoms with Crippen molar-refractivity contribution in [2.45, 2.75) is 19.4 Å². The van der Waals surface area contributed by atoms with E-state index in [9.17, 15) is 8.42 Å². The van der Waals surface area contributed by atoms with Gasteiger partial charge in [0.2, 0.25) is 10.0 Å². The zero-order valence-electron chi connectivity index (χ0n) is 14.2. The molecule has 1 atom stereocenters. The molecule has 9 heteroatoms. The predicted molar refractivity (Wildman–Crippen MR) is 98.4 cm³/mol. The van der Waals surface area contributed by atoms with Crippen molar-refractivity contribution in [3.63, 3.8) is 0 Å². The molecule has 136 valence electrons. The molecule has 1 rings (SSSR count). The van der Waals surface area contributed by atoms with Crippen LogP contribution >= 0.6 is 11.6 Å². The summed E-state index contributed by atoms with van der Waals surface area (Å²) in [5, 5.41) is 6.94. The summed E-state index contributed by atoms with van der Waals surface area (Å²) in [6.45, 7) is 3.52. The summed E-state index contributed by atoms with van der Waals surface area (Å²) in [7, 11) is -1.46. The smallest absolute Gasteiger partial charge is 0.208 e. The van der Waals surface area contributed by atoms with Crippen molar-refractivity contribution in [2.75, 3.05) is 32.9 Å². The van der Waals surface area contributed by atoms with Crippen molar-refractivity contribution in [1.82, 2.24) is 15.4 Å². The van der Waals surface area contributed by atoms with Crippen molar-refractivity contribution in [3.05, 3.63) is 29.3 Å². The van der Waals surface area contributed by atoms with Gasteiger partial charge in [-0.15, -0.1) is 0 Å². The van der Waals surface area contributed by atoms with Crippen LogP contribution in [0.5, 0.6) is 5.75 Å². The average molecular weight is 377 g/mol. The number of rotatable bonds is 9. The predicted octanol–water partition coefficient (Wildman–Crippen LogP) is 1.21. The summed E-state index contributed by atoms with van der Waals surface area (Å²) in [6.07, 6.45) is 1.74.